The highest BCUT2D eigenvalue weighted by molar-refractivity contribution is 4.92. The molecule has 0 bridgehead atoms. The lowest BCUT2D eigenvalue weighted by Crippen LogP contribution is -2.01. The lowest BCUT2D eigenvalue weighted by atomic mass is 10.0. The second-order valence-corrected chi connectivity index (χ2v) is 5.36. The van der Waals surface area contributed by atoms with Crippen molar-refractivity contribution >= 4 is 0 Å². The zero-order chi connectivity index (χ0) is 13.5. The molecule has 0 aliphatic heterocycles. The number of rotatable bonds is 13. The van der Waals surface area contributed by atoms with Crippen molar-refractivity contribution in [2.45, 2.75) is 96.5 Å². The quantitative estimate of drug-likeness (QED) is 0.358. The van der Waals surface area contributed by atoms with Crippen LogP contribution >= 0.6 is 0 Å². The first kappa shape index (κ1) is 17.5. The molecule has 0 aliphatic rings. The van der Waals surface area contributed by atoms with Crippen LogP contribution < -0.4 is 0 Å². The van der Waals surface area contributed by atoms with Crippen LogP contribution in [0.2, 0.25) is 0 Å². The molecule has 0 spiro atoms. The molecule has 0 aromatic carbocycles. The van der Waals surface area contributed by atoms with Crippen molar-refractivity contribution in [3.8, 4) is 12.3 Å². The van der Waals surface area contributed by atoms with Gasteiger partial charge in [0.1, 0.15) is 6.10 Å². The summed E-state index contributed by atoms with van der Waals surface area (Å²) < 4.78 is 0. The van der Waals surface area contributed by atoms with Crippen LogP contribution in [0.4, 0.5) is 0 Å². The normalized spacial score (nSPS) is 12.3. The van der Waals surface area contributed by atoms with E-state index in [-0.39, 0.29) is 0 Å². The fourth-order valence-electron chi connectivity index (χ4n) is 2.26. The molecule has 0 radical (unpaired) electrons. The molecule has 0 heterocycles. The molecular formula is C17H32O. The maximum Gasteiger partial charge on any atom is 0.114 e. The van der Waals surface area contributed by atoms with Gasteiger partial charge in [-0.1, -0.05) is 83.5 Å². The molecule has 0 saturated heterocycles. The molecule has 0 fully saturated rings. The molecule has 106 valence electrons. The molecule has 1 nitrogen and oxygen atoms in total. The Balaban J connectivity index is 2.97. The zero-order valence-corrected chi connectivity index (χ0v) is 12.3. The fraction of sp³-hybridized carbons (Fsp3) is 0.882. The Kier molecular flexibility index (Phi) is 14.2. The predicted molar refractivity (Wildman–Crippen MR) is 80.5 cm³/mol. The molecule has 1 atom stereocenters. The van der Waals surface area contributed by atoms with Crippen molar-refractivity contribution in [2.75, 3.05) is 0 Å². The Bertz CT molecular complexity index is 192. The van der Waals surface area contributed by atoms with Crippen molar-refractivity contribution in [1.82, 2.24) is 0 Å². The molecule has 0 aromatic heterocycles. The number of aliphatic hydroxyl groups is 1. The maximum absolute atomic E-state index is 9.18. The minimum Gasteiger partial charge on any atom is -0.380 e. The molecule has 0 amide bonds. The van der Waals surface area contributed by atoms with Gasteiger partial charge in [-0.25, -0.2) is 0 Å². The number of hydrogen-bond acceptors (Lipinski definition) is 1. The maximum atomic E-state index is 9.18. The Morgan fingerprint density at radius 1 is 0.778 bits per heavy atom. The second-order valence-electron chi connectivity index (χ2n) is 5.36. The van der Waals surface area contributed by atoms with Crippen LogP contribution in [0.15, 0.2) is 0 Å². The van der Waals surface area contributed by atoms with Gasteiger partial charge in [0.05, 0.1) is 0 Å². The smallest absolute Gasteiger partial charge is 0.114 e. The number of unbranched alkanes of at least 4 members (excludes halogenated alkanes) is 11. The number of terminal acetylenes is 1. The minimum atomic E-state index is -0.520. The van der Waals surface area contributed by atoms with Crippen LogP contribution in [0.3, 0.4) is 0 Å². The van der Waals surface area contributed by atoms with E-state index in [9.17, 15) is 5.11 Å². The predicted octanol–water partition coefficient (Wildman–Crippen LogP) is 5.07. The third-order valence-electron chi connectivity index (χ3n) is 3.52. The molecular weight excluding hydrogens is 220 g/mol. The van der Waals surface area contributed by atoms with Gasteiger partial charge in [0.25, 0.3) is 0 Å². The van der Waals surface area contributed by atoms with Gasteiger partial charge in [0.2, 0.25) is 0 Å². The highest BCUT2D eigenvalue weighted by Gasteiger charge is 1.98. The Labute approximate surface area is 114 Å². The van der Waals surface area contributed by atoms with Gasteiger partial charge < -0.3 is 5.11 Å². The van der Waals surface area contributed by atoms with Gasteiger partial charge in [-0.05, 0) is 12.8 Å². The standard InChI is InChI=1S/C17H32O/c1-3-5-6-7-8-9-10-11-12-13-14-15-16-17(18)4-2/h2,17-18H,3,5-16H2,1H3/t17-/m1/s1. The van der Waals surface area contributed by atoms with E-state index >= 15 is 0 Å². The third-order valence-corrected chi connectivity index (χ3v) is 3.52. The van der Waals surface area contributed by atoms with Crippen LogP contribution in [0.1, 0.15) is 90.4 Å². The van der Waals surface area contributed by atoms with Crippen LogP contribution in [0.25, 0.3) is 0 Å². The van der Waals surface area contributed by atoms with Crippen molar-refractivity contribution in [3.05, 3.63) is 0 Å². The van der Waals surface area contributed by atoms with E-state index in [1.54, 1.807) is 0 Å². The average molecular weight is 252 g/mol. The first-order chi connectivity index (χ1) is 8.81. The fourth-order valence-corrected chi connectivity index (χ4v) is 2.26. The molecule has 1 heteroatoms. The van der Waals surface area contributed by atoms with Gasteiger partial charge in [0, 0.05) is 0 Å². The van der Waals surface area contributed by atoms with Crippen molar-refractivity contribution in [1.29, 1.82) is 0 Å². The molecule has 1 N–H and O–H groups in total. The zero-order valence-electron chi connectivity index (χ0n) is 12.3. The monoisotopic (exact) mass is 252 g/mol. The molecule has 0 aromatic rings. The van der Waals surface area contributed by atoms with Crippen LogP contribution in [0, 0.1) is 12.3 Å². The first-order valence-corrected chi connectivity index (χ1v) is 7.95. The Hall–Kier alpha value is -0.480. The SMILES string of the molecule is C#C[C@@H](O)CCCCCCCCCCCCCC. The number of aliphatic hydroxyl groups excluding tert-OH is 1. The van der Waals surface area contributed by atoms with Gasteiger partial charge in [-0.3, -0.25) is 0 Å². The van der Waals surface area contributed by atoms with E-state index in [4.69, 9.17) is 6.42 Å². The average Bonchev–Trinajstić information content (AvgIpc) is 2.39. The summed E-state index contributed by atoms with van der Waals surface area (Å²) >= 11 is 0. The summed E-state index contributed by atoms with van der Waals surface area (Å²) in [7, 11) is 0. The van der Waals surface area contributed by atoms with E-state index in [2.05, 4.69) is 12.8 Å². The molecule has 18 heavy (non-hydrogen) atoms. The van der Waals surface area contributed by atoms with E-state index < -0.39 is 6.10 Å². The second kappa shape index (κ2) is 14.6. The summed E-state index contributed by atoms with van der Waals surface area (Å²) in [5, 5.41) is 9.18. The minimum absolute atomic E-state index is 0.520. The Morgan fingerprint density at radius 2 is 1.17 bits per heavy atom. The summed E-state index contributed by atoms with van der Waals surface area (Å²) in [5.74, 6) is 2.36. The van der Waals surface area contributed by atoms with Gasteiger partial charge in [-0.15, -0.1) is 6.42 Å². The molecule has 0 unspecified atom stereocenters. The third kappa shape index (κ3) is 13.6. The van der Waals surface area contributed by atoms with Crippen molar-refractivity contribution in [2.24, 2.45) is 0 Å². The molecule has 0 saturated carbocycles. The lowest BCUT2D eigenvalue weighted by Gasteiger charge is -2.04. The van der Waals surface area contributed by atoms with E-state index in [1.165, 1.54) is 70.6 Å². The summed E-state index contributed by atoms with van der Waals surface area (Å²) in [6.07, 6.45) is 21.5. The van der Waals surface area contributed by atoms with Gasteiger partial charge >= 0.3 is 0 Å². The van der Waals surface area contributed by atoms with Crippen molar-refractivity contribution < 1.29 is 5.11 Å². The van der Waals surface area contributed by atoms with E-state index in [0.717, 1.165) is 12.8 Å². The molecule has 0 rings (SSSR count). The topological polar surface area (TPSA) is 20.2 Å². The lowest BCUT2D eigenvalue weighted by molar-refractivity contribution is 0.217. The summed E-state index contributed by atoms with van der Waals surface area (Å²) in [6.45, 7) is 2.27. The molecule has 0 aliphatic carbocycles. The Morgan fingerprint density at radius 3 is 1.56 bits per heavy atom. The van der Waals surface area contributed by atoms with E-state index in [1.807, 2.05) is 0 Å². The highest BCUT2D eigenvalue weighted by Crippen LogP contribution is 2.12. The van der Waals surface area contributed by atoms with Crippen LogP contribution in [0.5, 0.6) is 0 Å². The summed E-state index contributed by atoms with van der Waals surface area (Å²) in [4.78, 5) is 0. The summed E-state index contributed by atoms with van der Waals surface area (Å²) in [5.41, 5.74) is 0. The first-order valence-electron chi connectivity index (χ1n) is 7.95. The van der Waals surface area contributed by atoms with Crippen molar-refractivity contribution in [3.63, 3.8) is 0 Å². The van der Waals surface area contributed by atoms with Gasteiger partial charge in [-0.2, -0.15) is 0 Å². The number of hydrogen-bond donors (Lipinski definition) is 1. The largest absolute Gasteiger partial charge is 0.380 e. The van der Waals surface area contributed by atoms with Crippen LogP contribution in [-0.4, -0.2) is 11.2 Å². The van der Waals surface area contributed by atoms with Crippen LogP contribution in [-0.2, 0) is 0 Å². The van der Waals surface area contributed by atoms with Gasteiger partial charge in [0.15, 0.2) is 0 Å². The highest BCUT2D eigenvalue weighted by atomic mass is 16.3. The van der Waals surface area contributed by atoms with E-state index in [0.29, 0.717) is 0 Å². The summed E-state index contributed by atoms with van der Waals surface area (Å²) in [6, 6.07) is 0.